The number of rotatable bonds is 3. The molecule has 0 spiro atoms. The van der Waals surface area contributed by atoms with Gasteiger partial charge in [0.15, 0.2) is 0 Å². The fourth-order valence-corrected chi connectivity index (χ4v) is 8.01. The molecule has 5 heteroatoms. The van der Waals surface area contributed by atoms with Gasteiger partial charge in [0, 0.05) is 60.5 Å². The molecule has 0 amide bonds. The number of thiophene rings is 1. The number of nitrogens with zero attached hydrogens (tertiary/aromatic N) is 4. The zero-order chi connectivity index (χ0) is 30.1. The number of hydrogen-bond acceptors (Lipinski definition) is 4. The highest BCUT2D eigenvalue weighted by atomic mass is 32.1. The zero-order valence-electron chi connectivity index (χ0n) is 24.5. The van der Waals surface area contributed by atoms with Crippen LogP contribution >= 0.6 is 11.3 Å². The topological polar surface area (TPSA) is 44.3 Å². The standard InChI is InChI=1S/C40H26N4S/c1-43-34-11-5-3-10-31(34)39(26-16-14-25(24-41)15-17-26)42-40(43)27-18-20-28(21-19-27)44-35-12-6-2-8-29(35)32-23-38-33(22-36(32)44)30-9-4-7-13-37(30)45-38/h2-23,40H,1H3. The number of fused-ring (bicyclic) bond motifs is 7. The van der Waals surface area contributed by atoms with E-state index in [-0.39, 0.29) is 6.17 Å². The van der Waals surface area contributed by atoms with E-state index in [2.05, 4.69) is 132 Å². The van der Waals surface area contributed by atoms with E-state index in [1.807, 2.05) is 35.6 Å². The van der Waals surface area contributed by atoms with Gasteiger partial charge in [-0.25, -0.2) is 0 Å². The highest BCUT2D eigenvalue weighted by molar-refractivity contribution is 7.25. The summed E-state index contributed by atoms with van der Waals surface area (Å²) in [7, 11) is 2.11. The lowest BCUT2D eigenvalue weighted by atomic mass is 9.96. The molecule has 0 radical (unpaired) electrons. The van der Waals surface area contributed by atoms with Crippen LogP contribution in [-0.4, -0.2) is 17.3 Å². The Bertz CT molecular complexity index is 2510. The van der Waals surface area contributed by atoms with Crippen molar-refractivity contribution in [3.05, 3.63) is 156 Å². The average Bonchev–Trinajstić information content (AvgIpc) is 3.62. The zero-order valence-corrected chi connectivity index (χ0v) is 25.3. The molecule has 2 aromatic heterocycles. The molecule has 1 aliphatic rings. The molecular formula is C40H26N4S. The van der Waals surface area contributed by atoms with Crippen molar-refractivity contribution >= 4 is 64.7 Å². The van der Waals surface area contributed by atoms with Gasteiger partial charge in [0.25, 0.3) is 0 Å². The van der Waals surface area contributed by atoms with Gasteiger partial charge >= 0.3 is 0 Å². The monoisotopic (exact) mass is 594 g/mol. The molecule has 0 fully saturated rings. The molecule has 0 aliphatic carbocycles. The molecule has 1 aliphatic heterocycles. The van der Waals surface area contributed by atoms with E-state index in [1.165, 1.54) is 42.0 Å². The second-order valence-corrected chi connectivity index (χ2v) is 12.7. The van der Waals surface area contributed by atoms with Gasteiger partial charge in [0.1, 0.15) is 6.17 Å². The quantitative estimate of drug-likeness (QED) is 0.204. The van der Waals surface area contributed by atoms with Gasteiger partial charge in [-0.3, -0.25) is 4.99 Å². The lowest BCUT2D eigenvalue weighted by Crippen LogP contribution is -2.30. The van der Waals surface area contributed by atoms with E-state index >= 15 is 0 Å². The second kappa shape index (κ2) is 9.92. The fraction of sp³-hybridized carbons (Fsp3) is 0.0500. The van der Waals surface area contributed by atoms with Crippen LogP contribution < -0.4 is 4.90 Å². The van der Waals surface area contributed by atoms with Crippen LogP contribution in [-0.2, 0) is 0 Å². The minimum atomic E-state index is -0.186. The van der Waals surface area contributed by atoms with Crippen molar-refractivity contribution in [2.24, 2.45) is 4.99 Å². The highest BCUT2D eigenvalue weighted by Gasteiger charge is 2.27. The number of para-hydroxylation sites is 2. The maximum Gasteiger partial charge on any atom is 0.147 e. The maximum absolute atomic E-state index is 9.32. The van der Waals surface area contributed by atoms with Crippen LogP contribution in [0.4, 0.5) is 5.69 Å². The molecule has 0 bridgehead atoms. The first-order valence-corrected chi connectivity index (χ1v) is 15.8. The Kier molecular flexibility index (Phi) is 5.68. The van der Waals surface area contributed by atoms with Crippen molar-refractivity contribution in [3.63, 3.8) is 0 Å². The molecule has 9 rings (SSSR count). The minimum absolute atomic E-state index is 0.186. The van der Waals surface area contributed by atoms with E-state index in [0.717, 1.165) is 33.8 Å². The van der Waals surface area contributed by atoms with Crippen molar-refractivity contribution in [2.75, 3.05) is 11.9 Å². The molecule has 8 aromatic rings. The third kappa shape index (κ3) is 3.93. The molecule has 0 N–H and O–H groups in total. The molecule has 1 atom stereocenters. The normalized spacial score (nSPS) is 14.6. The maximum atomic E-state index is 9.32. The van der Waals surface area contributed by atoms with Gasteiger partial charge in [-0.15, -0.1) is 11.3 Å². The molecule has 45 heavy (non-hydrogen) atoms. The van der Waals surface area contributed by atoms with E-state index in [1.54, 1.807) is 0 Å². The van der Waals surface area contributed by atoms with Gasteiger partial charge in [0.05, 0.1) is 28.4 Å². The molecule has 4 nitrogen and oxygen atoms in total. The predicted molar refractivity (Wildman–Crippen MR) is 188 cm³/mol. The SMILES string of the molecule is CN1c2ccccc2C(c2ccc(C#N)cc2)=NC1c1ccc(-n2c3ccccc3c3cc4sc5ccccc5c4cc32)cc1. The lowest BCUT2D eigenvalue weighted by molar-refractivity contribution is 0.698. The Morgan fingerprint density at radius 3 is 2.22 bits per heavy atom. The Labute approximate surface area is 264 Å². The molecule has 212 valence electrons. The fourth-order valence-electron chi connectivity index (χ4n) is 6.88. The largest absolute Gasteiger partial charge is 0.349 e. The Morgan fingerprint density at radius 2 is 1.40 bits per heavy atom. The predicted octanol–water partition coefficient (Wildman–Crippen LogP) is 10.0. The number of aliphatic imine (C=N–C) groups is 1. The van der Waals surface area contributed by atoms with Gasteiger partial charge in [0.2, 0.25) is 0 Å². The van der Waals surface area contributed by atoms with Crippen molar-refractivity contribution in [1.29, 1.82) is 5.26 Å². The van der Waals surface area contributed by atoms with Crippen molar-refractivity contribution in [2.45, 2.75) is 6.17 Å². The first-order chi connectivity index (χ1) is 22.2. The first-order valence-electron chi connectivity index (χ1n) is 15.0. The first kappa shape index (κ1) is 25.8. The van der Waals surface area contributed by atoms with Crippen molar-refractivity contribution in [1.82, 2.24) is 4.57 Å². The van der Waals surface area contributed by atoms with E-state index in [9.17, 15) is 5.26 Å². The Morgan fingerprint density at radius 1 is 0.667 bits per heavy atom. The van der Waals surface area contributed by atoms with Crippen molar-refractivity contribution in [3.8, 4) is 11.8 Å². The van der Waals surface area contributed by atoms with E-state index in [0.29, 0.717) is 5.56 Å². The summed E-state index contributed by atoms with van der Waals surface area (Å²) in [6.07, 6.45) is -0.186. The van der Waals surface area contributed by atoms with Crippen LogP contribution in [0.2, 0.25) is 0 Å². The number of nitriles is 1. The summed E-state index contributed by atoms with van der Waals surface area (Å²) >= 11 is 1.86. The average molecular weight is 595 g/mol. The summed E-state index contributed by atoms with van der Waals surface area (Å²) in [5, 5.41) is 14.5. The summed E-state index contributed by atoms with van der Waals surface area (Å²) in [4.78, 5) is 7.55. The van der Waals surface area contributed by atoms with Gasteiger partial charge in [-0.05, 0) is 60.2 Å². The van der Waals surface area contributed by atoms with Crippen molar-refractivity contribution < 1.29 is 0 Å². The highest BCUT2D eigenvalue weighted by Crippen LogP contribution is 2.41. The van der Waals surface area contributed by atoms with Crippen LogP contribution in [0.1, 0.15) is 28.4 Å². The minimum Gasteiger partial charge on any atom is -0.349 e. The summed E-state index contributed by atoms with van der Waals surface area (Å²) in [6.45, 7) is 0. The lowest BCUT2D eigenvalue weighted by Gasteiger charge is -2.34. The second-order valence-electron chi connectivity index (χ2n) is 11.6. The van der Waals surface area contributed by atoms with E-state index < -0.39 is 0 Å². The summed E-state index contributed by atoms with van der Waals surface area (Å²) in [5.41, 5.74) is 9.48. The van der Waals surface area contributed by atoms with Crippen LogP contribution in [0.15, 0.2) is 138 Å². The molecule has 1 unspecified atom stereocenters. The molecule has 0 saturated heterocycles. The number of benzene rings is 6. The van der Waals surface area contributed by atoms with Crippen LogP contribution in [0.5, 0.6) is 0 Å². The third-order valence-electron chi connectivity index (χ3n) is 9.07. The molecule has 6 aromatic carbocycles. The van der Waals surface area contributed by atoms with Gasteiger partial charge in [-0.1, -0.05) is 78.9 Å². The smallest absolute Gasteiger partial charge is 0.147 e. The van der Waals surface area contributed by atoms with Crippen LogP contribution in [0.25, 0.3) is 47.7 Å². The van der Waals surface area contributed by atoms with Gasteiger partial charge < -0.3 is 9.47 Å². The summed E-state index contributed by atoms with van der Waals surface area (Å²) in [6, 6.07) is 49.4. The van der Waals surface area contributed by atoms with E-state index in [4.69, 9.17) is 4.99 Å². The Hall–Kier alpha value is -5.70. The molecule has 0 saturated carbocycles. The molecule has 3 heterocycles. The third-order valence-corrected chi connectivity index (χ3v) is 10.2. The summed E-state index contributed by atoms with van der Waals surface area (Å²) in [5.74, 6) is 0. The number of anilines is 1. The van der Waals surface area contributed by atoms with Crippen LogP contribution in [0.3, 0.4) is 0 Å². The van der Waals surface area contributed by atoms with Crippen LogP contribution in [0, 0.1) is 11.3 Å². The number of aromatic nitrogens is 1. The molecular weight excluding hydrogens is 569 g/mol. The van der Waals surface area contributed by atoms with Gasteiger partial charge in [-0.2, -0.15) is 5.26 Å². The number of hydrogen-bond donors (Lipinski definition) is 0. The summed E-state index contributed by atoms with van der Waals surface area (Å²) < 4.78 is 5.03. The Balaban J connectivity index is 1.19.